The molecule has 0 bridgehead atoms. The van der Waals surface area contributed by atoms with E-state index in [1.165, 1.54) is 20.8 Å². The standard InChI is InChI=1S/C26H35FO12S2/c1-13-9-16-20-22(39-41(6,35)36)21(38-40(5,33)34)17-10-15(29)7-8-23(17,3)25(20,27)18(30)11-24(16,4)26(13,32)19(31)12-37-14(2)28/h10,13,16,20-22,32H,7-9,11-12H2,1-6H3/t13-,16-,20+,21-,22+,23-,24-,25+,26-/m0/s1. The maximum absolute atomic E-state index is 17.9. The van der Waals surface area contributed by atoms with Crippen LogP contribution in [0, 0.1) is 28.6 Å². The molecule has 12 nitrogen and oxygen atoms in total. The minimum Gasteiger partial charge on any atom is -0.458 e. The Bertz CT molecular complexity index is 1450. The topological polar surface area (TPSA) is 184 Å². The second-order valence-electron chi connectivity index (χ2n) is 12.4. The van der Waals surface area contributed by atoms with Gasteiger partial charge in [-0.05, 0) is 36.3 Å². The highest BCUT2D eigenvalue weighted by Gasteiger charge is 2.79. The molecular formula is C26H35FO12S2. The normalized spacial score (nSPS) is 42.5. The van der Waals surface area contributed by atoms with Crippen molar-refractivity contribution in [2.24, 2.45) is 28.6 Å². The summed E-state index contributed by atoms with van der Waals surface area (Å²) in [5, 5.41) is 11.9. The van der Waals surface area contributed by atoms with Crippen LogP contribution >= 0.6 is 0 Å². The number of rotatable bonds is 7. The lowest BCUT2D eigenvalue weighted by atomic mass is 9.43. The van der Waals surface area contributed by atoms with E-state index in [9.17, 15) is 41.1 Å². The molecule has 0 aromatic rings. The van der Waals surface area contributed by atoms with Gasteiger partial charge in [0.25, 0.3) is 20.2 Å². The van der Waals surface area contributed by atoms with Crippen molar-refractivity contribution in [1.82, 2.24) is 0 Å². The maximum Gasteiger partial charge on any atom is 0.303 e. The van der Waals surface area contributed by atoms with Gasteiger partial charge in [0, 0.05) is 36.5 Å². The van der Waals surface area contributed by atoms with Crippen molar-refractivity contribution in [3.8, 4) is 0 Å². The highest BCUT2D eigenvalue weighted by atomic mass is 32.2. The molecule has 0 unspecified atom stereocenters. The number of hydrogen-bond donors (Lipinski definition) is 1. The summed E-state index contributed by atoms with van der Waals surface area (Å²) in [7, 11) is -8.82. The van der Waals surface area contributed by atoms with Gasteiger partial charge in [-0.15, -0.1) is 0 Å². The summed E-state index contributed by atoms with van der Waals surface area (Å²) >= 11 is 0. The summed E-state index contributed by atoms with van der Waals surface area (Å²) in [5.74, 6) is -7.00. The van der Waals surface area contributed by atoms with E-state index >= 15 is 4.39 Å². The molecule has 4 aliphatic carbocycles. The van der Waals surface area contributed by atoms with Crippen LogP contribution in [0.25, 0.3) is 0 Å². The average molecular weight is 623 g/mol. The second kappa shape index (κ2) is 9.73. The molecule has 41 heavy (non-hydrogen) atoms. The van der Waals surface area contributed by atoms with E-state index in [0.717, 1.165) is 13.0 Å². The number of hydrogen-bond acceptors (Lipinski definition) is 12. The number of ketones is 3. The van der Waals surface area contributed by atoms with Crippen LogP contribution in [0.5, 0.6) is 0 Å². The fraction of sp³-hybridized carbons (Fsp3) is 0.769. The first kappa shape index (κ1) is 31.9. The SMILES string of the molecule is CC(=O)OCC(=O)[C@@]1(O)[C@@H](C)C[C@H]2[C@@H]3[C@@H](OS(C)(=O)=O)[C@@H](OS(C)(=O)=O)C4=CC(=O)CC[C@]4(C)[C@@]3(F)C(=O)C[C@@]21C. The Morgan fingerprint density at radius 2 is 1.68 bits per heavy atom. The van der Waals surface area contributed by atoms with Crippen molar-refractivity contribution in [2.75, 3.05) is 19.1 Å². The van der Waals surface area contributed by atoms with Crippen molar-refractivity contribution < 1.29 is 58.6 Å². The number of halogens is 1. The zero-order valence-corrected chi connectivity index (χ0v) is 25.3. The van der Waals surface area contributed by atoms with E-state index in [1.54, 1.807) is 0 Å². The van der Waals surface area contributed by atoms with Gasteiger partial charge in [0.15, 0.2) is 23.8 Å². The zero-order valence-electron chi connectivity index (χ0n) is 23.6. The van der Waals surface area contributed by atoms with Gasteiger partial charge < -0.3 is 9.84 Å². The van der Waals surface area contributed by atoms with E-state index in [0.29, 0.717) is 12.5 Å². The number of esters is 1. The number of carbonyl (C=O) groups is 4. The molecule has 0 heterocycles. The fourth-order valence-corrected chi connectivity index (χ4v) is 9.29. The molecule has 3 fully saturated rings. The van der Waals surface area contributed by atoms with Crippen LogP contribution in [0.1, 0.15) is 53.4 Å². The summed E-state index contributed by atoms with van der Waals surface area (Å²) in [5.41, 5.74) is -8.90. The lowest BCUT2D eigenvalue weighted by Gasteiger charge is -2.63. The van der Waals surface area contributed by atoms with Crippen LogP contribution in [0.3, 0.4) is 0 Å². The van der Waals surface area contributed by atoms with Crippen LogP contribution in [0.15, 0.2) is 11.6 Å². The Morgan fingerprint density at radius 3 is 2.22 bits per heavy atom. The third kappa shape index (κ3) is 4.71. The molecule has 0 amide bonds. The lowest BCUT2D eigenvalue weighted by Crippen LogP contribution is -2.74. The van der Waals surface area contributed by atoms with Crippen LogP contribution in [0.4, 0.5) is 4.39 Å². The molecule has 0 aliphatic heterocycles. The molecule has 9 atom stereocenters. The number of ether oxygens (including phenoxy) is 1. The first-order valence-corrected chi connectivity index (χ1v) is 16.8. The van der Waals surface area contributed by atoms with E-state index in [2.05, 4.69) is 0 Å². The summed E-state index contributed by atoms with van der Waals surface area (Å²) in [6.45, 7) is 4.54. The predicted molar refractivity (Wildman–Crippen MR) is 139 cm³/mol. The van der Waals surface area contributed by atoms with Crippen molar-refractivity contribution in [1.29, 1.82) is 0 Å². The summed E-state index contributed by atoms with van der Waals surface area (Å²) in [6.07, 6.45) is -2.52. The molecule has 0 radical (unpaired) electrons. The number of aliphatic hydroxyl groups is 1. The van der Waals surface area contributed by atoms with Crippen molar-refractivity contribution in [2.45, 2.75) is 76.9 Å². The molecule has 0 spiro atoms. The molecule has 15 heteroatoms. The number of alkyl halides is 1. The Kier molecular flexibility index (Phi) is 7.56. The maximum atomic E-state index is 17.9. The Labute approximate surface area is 238 Å². The Balaban J connectivity index is 1.99. The second-order valence-corrected chi connectivity index (χ2v) is 15.6. The van der Waals surface area contributed by atoms with Gasteiger partial charge in [0.05, 0.1) is 12.5 Å². The number of carbonyl (C=O) groups excluding carboxylic acids is 4. The fourth-order valence-electron chi connectivity index (χ4n) is 8.08. The van der Waals surface area contributed by atoms with E-state index < -0.39 is 109 Å². The third-order valence-corrected chi connectivity index (χ3v) is 10.9. The minimum absolute atomic E-state index is 0.0916. The van der Waals surface area contributed by atoms with Gasteiger partial charge >= 0.3 is 5.97 Å². The molecule has 0 saturated heterocycles. The lowest BCUT2D eigenvalue weighted by molar-refractivity contribution is -0.211. The van der Waals surface area contributed by atoms with Gasteiger partial charge in [-0.2, -0.15) is 16.8 Å². The smallest absolute Gasteiger partial charge is 0.303 e. The molecule has 4 aliphatic rings. The quantitative estimate of drug-likeness (QED) is 0.312. The third-order valence-electron chi connectivity index (χ3n) is 9.82. The van der Waals surface area contributed by atoms with Crippen molar-refractivity contribution >= 4 is 43.6 Å². The molecule has 4 rings (SSSR count). The molecule has 0 aromatic carbocycles. The number of Topliss-reactive ketones (excluding diaryl/α,β-unsaturated/α-hetero) is 2. The zero-order chi connectivity index (χ0) is 31.1. The number of fused-ring (bicyclic) bond motifs is 5. The van der Waals surface area contributed by atoms with Gasteiger partial charge in [0.2, 0.25) is 5.78 Å². The first-order chi connectivity index (χ1) is 18.5. The van der Waals surface area contributed by atoms with Crippen LogP contribution in [-0.4, -0.2) is 87.9 Å². The molecule has 0 aromatic heterocycles. The highest BCUT2D eigenvalue weighted by Crippen LogP contribution is 2.71. The summed E-state index contributed by atoms with van der Waals surface area (Å²) < 4.78 is 83.3. The van der Waals surface area contributed by atoms with E-state index in [1.807, 2.05) is 0 Å². The van der Waals surface area contributed by atoms with Crippen LogP contribution in [0.2, 0.25) is 0 Å². The van der Waals surface area contributed by atoms with E-state index in [-0.39, 0.29) is 24.8 Å². The minimum atomic E-state index is -4.46. The summed E-state index contributed by atoms with van der Waals surface area (Å²) in [6, 6.07) is 0. The van der Waals surface area contributed by atoms with Crippen LogP contribution in [-0.2, 0) is 52.5 Å². The van der Waals surface area contributed by atoms with E-state index in [4.69, 9.17) is 13.1 Å². The Hall–Kier alpha value is -2.07. The Morgan fingerprint density at radius 1 is 1.10 bits per heavy atom. The first-order valence-electron chi connectivity index (χ1n) is 13.2. The van der Waals surface area contributed by atoms with Gasteiger partial charge in [-0.3, -0.25) is 27.5 Å². The molecule has 3 saturated carbocycles. The average Bonchev–Trinajstić information content (AvgIpc) is 3.01. The molecule has 1 N–H and O–H groups in total. The van der Waals surface area contributed by atoms with Gasteiger partial charge in [0.1, 0.15) is 17.8 Å². The van der Waals surface area contributed by atoms with Gasteiger partial charge in [-0.25, -0.2) is 4.39 Å². The monoisotopic (exact) mass is 622 g/mol. The van der Waals surface area contributed by atoms with Crippen molar-refractivity contribution in [3.63, 3.8) is 0 Å². The largest absolute Gasteiger partial charge is 0.458 e. The van der Waals surface area contributed by atoms with Gasteiger partial charge in [-0.1, -0.05) is 20.8 Å². The van der Waals surface area contributed by atoms with Crippen molar-refractivity contribution in [3.05, 3.63) is 11.6 Å². The summed E-state index contributed by atoms with van der Waals surface area (Å²) in [4.78, 5) is 51.3. The molecular weight excluding hydrogens is 587 g/mol. The molecule has 230 valence electrons. The van der Waals surface area contributed by atoms with Crippen LogP contribution < -0.4 is 0 Å². The highest BCUT2D eigenvalue weighted by molar-refractivity contribution is 7.86. The predicted octanol–water partition coefficient (Wildman–Crippen LogP) is 0.808.